The molecule has 30 heavy (non-hydrogen) atoms. The highest BCUT2D eigenvalue weighted by Gasteiger charge is 2.21. The second kappa shape index (κ2) is 10.0. The molecule has 8 heteroatoms. The van der Waals surface area contributed by atoms with Gasteiger partial charge in [0, 0.05) is 39.5 Å². The van der Waals surface area contributed by atoms with E-state index in [9.17, 15) is 14.9 Å². The quantitative estimate of drug-likeness (QED) is 0.427. The van der Waals surface area contributed by atoms with E-state index in [0.717, 1.165) is 37.9 Å². The number of pyridine rings is 1. The van der Waals surface area contributed by atoms with Crippen molar-refractivity contribution in [1.29, 1.82) is 5.26 Å². The van der Waals surface area contributed by atoms with Gasteiger partial charge in [-0.05, 0) is 50.3 Å². The van der Waals surface area contributed by atoms with E-state index in [2.05, 4.69) is 10.2 Å². The summed E-state index contributed by atoms with van der Waals surface area (Å²) in [6.07, 6.45) is 6.84. The smallest absolute Gasteiger partial charge is 0.267 e. The Labute approximate surface area is 175 Å². The molecule has 1 amide bonds. The van der Waals surface area contributed by atoms with Gasteiger partial charge in [0.2, 0.25) is 0 Å². The standard InChI is InChI=1S/C22H27N5O3/c1-16-8-6-12-27-19(16)25-20(26-10-4-3-5-11-26)18(22(27)29)14-17(15-23)21(28)24-9-7-13-30-2/h6,8,12,14H,3-5,7,9-11,13H2,1-2H3,(H,24,28)/b17-14+. The number of hydrogen-bond donors (Lipinski definition) is 1. The molecular weight excluding hydrogens is 382 g/mol. The monoisotopic (exact) mass is 409 g/mol. The van der Waals surface area contributed by atoms with Gasteiger partial charge in [0.1, 0.15) is 23.1 Å². The first-order valence-electron chi connectivity index (χ1n) is 10.2. The van der Waals surface area contributed by atoms with Crippen molar-refractivity contribution in [2.45, 2.75) is 32.6 Å². The number of rotatable bonds is 7. The number of carbonyl (C=O) groups is 1. The summed E-state index contributed by atoms with van der Waals surface area (Å²) in [4.78, 5) is 32.6. The predicted molar refractivity (Wildman–Crippen MR) is 115 cm³/mol. The largest absolute Gasteiger partial charge is 0.385 e. The fourth-order valence-corrected chi connectivity index (χ4v) is 3.58. The van der Waals surface area contributed by atoms with E-state index in [1.807, 2.05) is 19.1 Å². The lowest BCUT2D eigenvalue weighted by molar-refractivity contribution is -0.117. The second-order valence-electron chi connectivity index (χ2n) is 7.36. The van der Waals surface area contributed by atoms with Gasteiger partial charge >= 0.3 is 0 Å². The van der Waals surface area contributed by atoms with Gasteiger partial charge in [-0.3, -0.25) is 14.0 Å². The third-order valence-corrected chi connectivity index (χ3v) is 5.18. The Bertz CT molecular complexity index is 1050. The average Bonchev–Trinajstić information content (AvgIpc) is 2.77. The molecule has 1 fully saturated rings. The molecule has 2 aromatic rings. The minimum absolute atomic E-state index is 0.114. The molecule has 0 atom stereocenters. The van der Waals surface area contributed by atoms with E-state index in [0.29, 0.717) is 31.0 Å². The minimum atomic E-state index is -0.507. The summed E-state index contributed by atoms with van der Waals surface area (Å²) < 4.78 is 6.44. The van der Waals surface area contributed by atoms with Gasteiger partial charge in [0.05, 0.1) is 5.56 Å². The van der Waals surface area contributed by atoms with E-state index < -0.39 is 5.91 Å². The second-order valence-corrected chi connectivity index (χ2v) is 7.36. The van der Waals surface area contributed by atoms with Gasteiger partial charge in [0.15, 0.2) is 0 Å². The van der Waals surface area contributed by atoms with Gasteiger partial charge in [0.25, 0.3) is 11.5 Å². The Kier molecular flexibility index (Phi) is 7.20. The van der Waals surface area contributed by atoms with Crippen LogP contribution in [0.25, 0.3) is 11.7 Å². The molecule has 3 heterocycles. The number of nitriles is 1. The van der Waals surface area contributed by atoms with E-state index in [1.54, 1.807) is 19.4 Å². The molecular formula is C22H27N5O3. The van der Waals surface area contributed by atoms with Crippen LogP contribution in [-0.4, -0.2) is 48.6 Å². The van der Waals surface area contributed by atoms with Crippen molar-refractivity contribution < 1.29 is 9.53 Å². The van der Waals surface area contributed by atoms with Gasteiger partial charge in [-0.1, -0.05) is 6.07 Å². The lowest BCUT2D eigenvalue weighted by atomic mass is 10.1. The van der Waals surface area contributed by atoms with Crippen LogP contribution >= 0.6 is 0 Å². The van der Waals surface area contributed by atoms with Crippen molar-refractivity contribution in [3.05, 3.63) is 45.4 Å². The Morgan fingerprint density at radius 2 is 2.13 bits per heavy atom. The maximum Gasteiger partial charge on any atom is 0.267 e. The number of amides is 1. The first kappa shape index (κ1) is 21.5. The maximum absolute atomic E-state index is 13.3. The molecule has 1 saturated heterocycles. The molecule has 1 aliphatic rings. The molecule has 0 saturated carbocycles. The third-order valence-electron chi connectivity index (χ3n) is 5.18. The first-order chi connectivity index (χ1) is 14.6. The molecule has 1 aliphatic heterocycles. The molecule has 0 bridgehead atoms. The molecule has 1 N–H and O–H groups in total. The van der Waals surface area contributed by atoms with Gasteiger partial charge < -0.3 is 15.0 Å². The average molecular weight is 409 g/mol. The Hall–Kier alpha value is -3.18. The molecule has 2 aromatic heterocycles. The molecule has 0 unspecified atom stereocenters. The van der Waals surface area contributed by atoms with Crippen LogP contribution in [0.2, 0.25) is 0 Å². The van der Waals surface area contributed by atoms with Gasteiger partial charge in [-0.25, -0.2) is 4.98 Å². The van der Waals surface area contributed by atoms with Crippen molar-refractivity contribution in [3.63, 3.8) is 0 Å². The van der Waals surface area contributed by atoms with Gasteiger partial charge in [-0.15, -0.1) is 0 Å². The molecule has 0 radical (unpaired) electrons. The van der Waals surface area contributed by atoms with Crippen LogP contribution in [0, 0.1) is 18.3 Å². The Morgan fingerprint density at radius 1 is 1.37 bits per heavy atom. The highest BCUT2D eigenvalue weighted by atomic mass is 16.5. The summed E-state index contributed by atoms with van der Waals surface area (Å²) in [7, 11) is 1.59. The van der Waals surface area contributed by atoms with Crippen LogP contribution in [0.4, 0.5) is 5.82 Å². The fraction of sp³-hybridized carbons (Fsp3) is 0.455. The zero-order valence-corrected chi connectivity index (χ0v) is 17.5. The summed E-state index contributed by atoms with van der Waals surface area (Å²) >= 11 is 0. The molecule has 0 spiro atoms. The van der Waals surface area contributed by atoms with Crippen LogP contribution in [0.5, 0.6) is 0 Å². The number of ether oxygens (including phenoxy) is 1. The van der Waals surface area contributed by atoms with Crippen molar-refractivity contribution >= 4 is 23.4 Å². The van der Waals surface area contributed by atoms with Gasteiger partial charge in [-0.2, -0.15) is 5.26 Å². The number of aromatic nitrogens is 2. The minimum Gasteiger partial charge on any atom is -0.385 e. The number of hydrogen-bond acceptors (Lipinski definition) is 6. The van der Waals surface area contributed by atoms with E-state index in [4.69, 9.17) is 9.72 Å². The highest BCUT2D eigenvalue weighted by Crippen LogP contribution is 2.23. The van der Waals surface area contributed by atoms with Crippen molar-refractivity contribution in [2.24, 2.45) is 0 Å². The number of nitrogens with zero attached hydrogens (tertiary/aromatic N) is 4. The molecule has 3 rings (SSSR count). The lowest BCUT2D eigenvalue weighted by Crippen LogP contribution is -2.34. The van der Waals surface area contributed by atoms with Crippen molar-refractivity contribution in [3.8, 4) is 6.07 Å². The highest BCUT2D eigenvalue weighted by molar-refractivity contribution is 6.02. The van der Waals surface area contributed by atoms with Crippen LogP contribution in [0.1, 0.15) is 36.8 Å². The predicted octanol–water partition coefficient (Wildman–Crippen LogP) is 2.05. The van der Waals surface area contributed by atoms with E-state index in [1.165, 1.54) is 10.5 Å². The number of methoxy groups -OCH3 is 1. The number of nitrogens with one attached hydrogen (secondary N) is 1. The van der Waals surface area contributed by atoms with E-state index in [-0.39, 0.29) is 16.7 Å². The summed E-state index contributed by atoms with van der Waals surface area (Å²) in [6.45, 7) is 4.39. The molecule has 8 nitrogen and oxygen atoms in total. The molecule has 0 aromatic carbocycles. The van der Waals surface area contributed by atoms with Crippen LogP contribution in [-0.2, 0) is 9.53 Å². The summed E-state index contributed by atoms with van der Waals surface area (Å²) in [6, 6.07) is 5.62. The SMILES string of the molecule is COCCCNC(=O)/C(C#N)=C/c1c(N2CCCCC2)nc2c(C)cccn2c1=O. The lowest BCUT2D eigenvalue weighted by Gasteiger charge is -2.29. The summed E-state index contributed by atoms with van der Waals surface area (Å²) in [5.74, 6) is 0.0286. The Balaban J connectivity index is 2.07. The molecule has 0 aliphatic carbocycles. The maximum atomic E-state index is 13.3. The fourth-order valence-electron chi connectivity index (χ4n) is 3.58. The van der Waals surface area contributed by atoms with Crippen LogP contribution in [0.15, 0.2) is 28.7 Å². The first-order valence-corrected chi connectivity index (χ1v) is 10.2. The Morgan fingerprint density at radius 3 is 2.83 bits per heavy atom. The number of carbonyl (C=O) groups excluding carboxylic acids is 1. The number of piperidine rings is 1. The zero-order chi connectivity index (χ0) is 21.5. The van der Waals surface area contributed by atoms with E-state index >= 15 is 0 Å². The van der Waals surface area contributed by atoms with Crippen LogP contribution < -0.4 is 15.8 Å². The molecule has 158 valence electrons. The normalized spacial score (nSPS) is 14.6. The van der Waals surface area contributed by atoms with Crippen molar-refractivity contribution in [1.82, 2.24) is 14.7 Å². The summed E-state index contributed by atoms with van der Waals surface area (Å²) in [5, 5.41) is 12.3. The van der Waals surface area contributed by atoms with Crippen molar-refractivity contribution in [2.75, 3.05) is 38.3 Å². The van der Waals surface area contributed by atoms with Crippen LogP contribution in [0.3, 0.4) is 0 Å². The summed E-state index contributed by atoms with van der Waals surface area (Å²) in [5.41, 5.74) is 1.34. The number of aryl methyl sites for hydroxylation is 1. The zero-order valence-electron chi connectivity index (χ0n) is 17.5. The topological polar surface area (TPSA) is 99.7 Å². The third kappa shape index (κ3) is 4.69. The number of fused-ring (bicyclic) bond motifs is 1. The number of anilines is 1.